The Hall–Kier alpha value is -2.67. The topological polar surface area (TPSA) is 69.9 Å². The maximum atomic E-state index is 12.6. The number of benzene rings is 1. The van der Waals surface area contributed by atoms with Crippen molar-refractivity contribution in [3.05, 3.63) is 54.4 Å². The number of methoxy groups -OCH3 is 1. The van der Waals surface area contributed by atoms with Crippen LogP contribution in [0.25, 0.3) is 11.4 Å². The van der Waals surface area contributed by atoms with Crippen LogP contribution in [0.2, 0.25) is 0 Å². The highest BCUT2D eigenvalue weighted by atomic mass is 32.2. The third-order valence-electron chi connectivity index (χ3n) is 3.78. The molecule has 6 nitrogen and oxygen atoms in total. The minimum Gasteiger partial charge on any atom is -0.497 e. The predicted octanol–water partition coefficient (Wildman–Crippen LogP) is 3.25. The molecule has 0 saturated heterocycles. The van der Waals surface area contributed by atoms with Gasteiger partial charge in [-0.1, -0.05) is 11.8 Å². The van der Waals surface area contributed by atoms with Crippen LogP contribution in [0.3, 0.4) is 0 Å². The van der Waals surface area contributed by atoms with Gasteiger partial charge < -0.3 is 9.30 Å². The molecule has 0 spiro atoms. The number of nitrogens with zero attached hydrogens (tertiary/aromatic N) is 4. The summed E-state index contributed by atoms with van der Waals surface area (Å²) in [5.41, 5.74) is 1.54. The van der Waals surface area contributed by atoms with Crippen LogP contribution >= 0.6 is 11.8 Å². The molecule has 0 saturated carbocycles. The van der Waals surface area contributed by atoms with Crippen LogP contribution in [0.5, 0.6) is 5.75 Å². The number of hydrogen-bond acceptors (Lipinski definition) is 6. The Bertz CT molecular complexity index is 863. The summed E-state index contributed by atoms with van der Waals surface area (Å²) in [5.74, 6) is 1.49. The zero-order valence-electron chi connectivity index (χ0n) is 14.2. The number of aromatic nitrogens is 4. The second-order valence-corrected chi connectivity index (χ2v) is 6.77. The summed E-state index contributed by atoms with van der Waals surface area (Å²) < 4.78 is 7.00. The first-order chi connectivity index (χ1) is 12.1. The van der Waals surface area contributed by atoms with Crippen LogP contribution in [0.1, 0.15) is 17.3 Å². The van der Waals surface area contributed by atoms with Crippen LogP contribution in [0, 0.1) is 0 Å². The SMILES string of the molecule is COc1ccc(C(=O)C(C)Sc2nnc(-c3cccnc3)n2C)cc1. The molecule has 1 unspecified atom stereocenters. The molecular weight excluding hydrogens is 336 g/mol. The first-order valence-electron chi connectivity index (χ1n) is 7.75. The van der Waals surface area contributed by atoms with E-state index in [2.05, 4.69) is 15.2 Å². The molecule has 0 aliphatic carbocycles. The average Bonchev–Trinajstić information content (AvgIpc) is 3.02. The second kappa shape index (κ2) is 7.48. The van der Waals surface area contributed by atoms with Gasteiger partial charge in [0.2, 0.25) is 0 Å². The van der Waals surface area contributed by atoms with Crippen molar-refractivity contribution in [1.29, 1.82) is 0 Å². The Morgan fingerprint density at radius 3 is 2.60 bits per heavy atom. The minimum atomic E-state index is -0.280. The molecule has 1 atom stereocenters. The summed E-state index contributed by atoms with van der Waals surface area (Å²) in [6.45, 7) is 1.87. The number of carbonyl (C=O) groups is 1. The normalized spacial score (nSPS) is 12.0. The number of ether oxygens (including phenoxy) is 1. The van der Waals surface area contributed by atoms with Gasteiger partial charge in [-0.05, 0) is 43.3 Å². The Labute approximate surface area is 150 Å². The van der Waals surface area contributed by atoms with Gasteiger partial charge in [-0.3, -0.25) is 9.78 Å². The van der Waals surface area contributed by atoms with Crippen molar-refractivity contribution in [2.75, 3.05) is 7.11 Å². The number of ketones is 1. The fraction of sp³-hybridized carbons (Fsp3) is 0.222. The number of rotatable bonds is 6. The van der Waals surface area contributed by atoms with E-state index in [1.807, 2.05) is 30.7 Å². The third-order valence-corrected chi connectivity index (χ3v) is 4.91. The lowest BCUT2D eigenvalue weighted by atomic mass is 10.1. The molecule has 25 heavy (non-hydrogen) atoms. The van der Waals surface area contributed by atoms with Crippen LogP contribution in [-0.4, -0.2) is 37.9 Å². The molecule has 0 aliphatic rings. The van der Waals surface area contributed by atoms with Crippen LogP contribution in [0.15, 0.2) is 53.9 Å². The molecule has 2 aromatic heterocycles. The summed E-state index contributed by atoms with van der Waals surface area (Å²) in [7, 11) is 3.48. The summed E-state index contributed by atoms with van der Waals surface area (Å²) in [5, 5.41) is 8.84. The average molecular weight is 354 g/mol. The number of carbonyl (C=O) groups excluding carboxylic acids is 1. The van der Waals surface area contributed by atoms with Gasteiger partial charge in [0.1, 0.15) is 5.75 Å². The van der Waals surface area contributed by atoms with Gasteiger partial charge in [0.05, 0.1) is 12.4 Å². The molecule has 0 N–H and O–H groups in total. The van der Waals surface area contributed by atoms with Crippen molar-refractivity contribution in [2.45, 2.75) is 17.3 Å². The van der Waals surface area contributed by atoms with E-state index >= 15 is 0 Å². The van der Waals surface area contributed by atoms with Crippen LogP contribution < -0.4 is 4.74 Å². The van der Waals surface area contributed by atoms with Gasteiger partial charge in [-0.25, -0.2) is 0 Å². The molecule has 1 aromatic carbocycles. The first kappa shape index (κ1) is 17.2. The van der Waals surface area contributed by atoms with E-state index in [4.69, 9.17) is 4.74 Å². The third kappa shape index (κ3) is 3.71. The molecule has 0 fully saturated rings. The van der Waals surface area contributed by atoms with E-state index in [1.165, 1.54) is 11.8 Å². The minimum absolute atomic E-state index is 0.0404. The van der Waals surface area contributed by atoms with Gasteiger partial charge in [-0.15, -0.1) is 10.2 Å². The maximum Gasteiger partial charge on any atom is 0.191 e. The monoisotopic (exact) mass is 354 g/mol. The van der Waals surface area contributed by atoms with Gasteiger partial charge in [0.25, 0.3) is 0 Å². The largest absolute Gasteiger partial charge is 0.497 e. The molecule has 0 amide bonds. The first-order valence-corrected chi connectivity index (χ1v) is 8.63. The fourth-order valence-electron chi connectivity index (χ4n) is 2.37. The standard InChI is InChI=1S/C18H18N4O2S/c1-12(16(23)13-6-8-15(24-3)9-7-13)25-18-21-20-17(22(18)2)14-5-4-10-19-11-14/h4-12H,1-3H3. The number of thioether (sulfide) groups is 1. The zero-order valence-corrected chi connectivity index (χ0v) is 15.0. The molecular formula is C18H18N4O2S. The molecule has 0 radical (unpaired) electrons. The zero-order chi connectivity index (χ0) is 17.8. The number of Topliss-reactive ketones (excluding diaryl/α,β-unsaturated/α-hetero) is 1. The summed E-state index contributed by atoms with van der Waals surface area (Å²) >= 11 is 1.39. The highest BCUT2D eigenvalue weighted by Crippen LogP contribution is 2.27. The Kier molecular flexibility index (Phi) is 5.14. The highest BCUT2D eigenvalue weighted by Gasteiger charge is 2.20. The lowest BCUT2D eigenvalue weighted by molar-refractivity contribution is 0.0994. The van der Waals surface area contributed by atoms with Crippen molar-refractivity contribution in [3.63, 3.8) is 0 Å². The van der Waals surface area contributed by atoms with Crippen molar-refractivity contribution in [1.82, 2.24) is 19.7 Å². The smallest absolute Gasteiger partial charge is 0.191 e. The number of hydrogen-bond donors (Lipinski definition) is 0. The maximum absolute atomic E-state index is 12.6. The Balaban J connectivity index is 1.75. The number of pyridine rings is 1. The molecule has 7 heteroatoms. The molecule has 3 rings (SSSR count). The van der Waals surface area contributed by atoms with Crippen molar-refractivity contribution in [2.24, 2.45) is 7.05 Å². The van der Waals surface area contributed by atoms with Gasteiger partial charge in [0.15, 0.2) is 16.8 Å². The van der Waals surface area contributed by atoms with E-state index in [0.29, 0.717) is 10.7 Å². The summed E-state index contributed by atoms with van der Waals surface area (Å²) in [6.07, 6.45) is 3.45. The highest BCUT2D eigenvalue weighted by molar-refractivity contribution is 8.00. The molecule has 3 aromatic rings. The van der Waals surface area contributed by atoms with Gasteiger partial charge in [0, 0.05) is 30.6 Å². The molecule has 2 heterocycles. The predicted molar refractivity (Wildman–Crippen MR) is 96.9 cm³/mol. The molecule has 0 bridgehead atoms. The van der Waals surface area contributed by atoms with Crippen molar-refractivity contribution < 1.29 is 9.53 Å². The molecule has 0 aliphatic heterocycles. The van der Waals surface area contributed by atoms with E-state index in [1.54, 1.807) is 43.8 Å². The van der Waals surface area contributed by atoms with Crippen LogP contribution in [0.4, 0.5) is 0 Å². The van der Waals surface area contributed by atoms with Gasteiger partial charge in [-0.2, -0.15) is 0 Å². The van der Waals surface area contributed by atoms with E-state index in [0.717, 1.165) is 17.1 Å². The van der Waals surface area contributed by atoms with E-state index in [-0.39, 0.29) is 11.0 Å². The lowest BCUT2D eigenvalue weighted by Gasteiger charge is -2.10. The van der Waals surface area contributed by atoms with E-state index in [9.17, 15) is 4.79 Å². The quantitative estimate of drug-likeness (QED) is 0.500. The Morgan fingerprint density at radius 2 is 1.96 bits per heavy atom. The molecule has 128 valence electrons. The van der Waals surface area contributed by atoms with Crippen molar-refractivity contribution >= 4 is 17.5 Å². The van der Waals surface area contributed by atoms with E-state index < -0.39 is 0 Å². The summed E-state index contributed by atoms with van der Waals surface area (Å²) in [6, 6.07) is 10.9. The van der Waals surface area contributed by atoms with Gasteiger partial charge >= 0.3 is 0 Å². The van der Waals surface area contributed by atoms with Crippen LogP contribution in [-0.2, 0) is 7.05 Å². The fourth-order valence-corrected chi connectivity index (χ4v) is 3.26. The van der Waals surface area contributed by atoms with Crippen molar-refractivity contribution in [3.8, 4) is 17.1 Å². The lowest BCUT2D eigenvalue weighted by Crippen LogP contribution is -2.14. The Morgan fingerprint density at radius 1 is 1.20 bits per heavy atom. The second-order valence-electron chi connectivity index (χ2n) is 5.46. The summed E-state index contributed by atoms with van der Waals surface area (Å²) in [4.78, 5) is 16.7.